The number of nitrogens with zero attached hydrogens (tertiary/aromatic N) is 3. The Labute approximate surface area is 383 Å². The van der Waals surface area contributed by atoms with Crippen molar-refractivity contribution in [1.29, 1.82) is 0 Å². The number of rotatable bonds is 5. The van der Waals surface area contributed by atoms with E-state index in [1.807, 2.05) is 17.4 Å². The van der Waals surface area contributed by atoms with Gasteiger partial charge in [0.1, 0.15) is 0 Å². The maximum Gasteiger partial charge on any atom is 0.0782 e. The third-order valence-corrected chi connectivity index (χ3v) is 15.1. The van der Waals surface area contributed by atoms with E-state index in [0.717, 1.165) is 38.4 Å². The maximum atomic E-state index is 4.88. The highest BCUT2D eigenvalue weighted by Crippen LogP contribution is 2.44. The molecule has 4 aromatic heterocycles. The van der Waals surface area contributed by atoms with Crippen LogP contribution in [0, 0.1) is 0 Å². The molecule has 0 unspecified atom stereocenters. The molecule has 0 aliphatic carbocycles. The summed E-state index contributed by atoms with van der Waals surface area (Å²) in [6, 6.07) is 80.3. The summed E-state index contributed by atoms with van der Waals surface area (Å²) in [5.74, 6) is 0. The van der Waals surface area contributed by atoms with Crippen LogP contribution in [0.2, 0.25) is 0 Å². The van der Waals surface area contributed by atoms with Crippen molar-refractivity contribution in [2.75, 3.05) is 0 Å². The summed E-state index contributed by atoms with van der Waals surface area (Å²) in [5.41, 5.74) is 15.0. The van der Waals surface area contributed by atoms with E-state index in [1.54, 1.807) is 0 Å². The van der Waals surface area contributed by atoms with Crippen molar-refractivity contribution in [3.8, 4) is 39.3 Å². The molecule has 0 fully saturated rings. The second kappa shape index (κ2) is 14.1. The number of hydrogen-bond acceptors (Lipinski definition) is 2. The summed E-state index contributed by atoms with van der Waals surface area (Å²) < 4.78 is 10.0. The Bertz CT molecular complexity index is 4220. The smallest absolute Gasteiger partial charge is 0.0782 e. The molecule has 0 saturated heterocycles. The number of thiol groups is 1. The maximum absolute atomic E-state index is 4.88. The van der Waals surface area contributed by atoms with Gasteiger partial charge in [0.25, 0.3) is 0 Å². The predicted molar refractivity (Wildman–Crippen MR) is 280 cm³/mol. The lowest BCUT2D eigenvalue weighted by atomic mass is 9.99. The molecule has 3 nitrogen and oxygen atoms in total. The highest BCUT2D eigenvalue weighted by atomic mass is 32.1. The minimum Gasteiger partial charge on any atom is -0.309 e. The van der Waals surface area contributed by atoms with Gasteiger partial charge in [-0.2, -0.15) is 0 Å². The Morgan fingerprint density at radius 2 is 0.862 bits per heavy atom. The van der Waals surface area contributed by atoms with E-state index in [-0.39, 0.29) is 0 Å². The van der Waals surface area contributed by atoms with Crippen molar-refractivity contribution in [2.24, 2.45) is 0 Å². The van der Waals surface area contributed by atoms with E-state index < -0.39 is 0 Å². The molecule has 0 radical (unpaired) electrons. The Morgan fingerprint density at radius 3 is 1.60 bits per heavy atom. The third-order valence-electron chi connectivity index (χ3n) is 13.5. The highest BCUT2D eigenvalue weighted by Gasteiger charge is 2.23. The Balaban J connectivity index is 1.05. The second-order valence-corrected chi connectivity index (χ2v) is 18.6. The lowest BCUT2D eigenvalue weighted by Gasteiger charge is -2.17. The number of aromatic nitrogens is 3. The minimum atomic E-state index is 0.958. The van der Waals surface area contributed by atoms with Crippen LogP contribution in [0.3, 0.4) is 0 Å². The molecule has 0 spiro atoms. The molecule has 14 rings (SSSR count). The van der Waals surface area contributed by atoms with Gasteiger partial charge >= 0.3 is 0 Å². The highest BCUT2D eigenvalue weighted by molar-refractivity contribution is 7.80. The van der Waals surface area contributed by atoms with Crippen molar-refractivity contribution in [3.05, 3.63) is 218 Å². The Morgan fingerprint density at radius 1 is 0.308 bits per heavy atom. The van der Waals surface area contributed by atoms with Gasteiger partial charge in [-0.25, -0.2) is 0 Å². The molecule has 304 valence electrons. The van der Waals surface area contributed by atoms with Gasteiger partial charge in [0.05, 0.1) is 38.8 Å². The van der Waals surface area contributed by atoms with Gasteiger partial charge in [0.15, 0.2) is 0 Å². The van der Waals surface area contributed by atoms with Crippen LogP contribution in [0.15, 0.2) is 223 Å². The average molecular weight is 864 g/mol. The first-order valence-corrected chi connectivity index (χ1v) is 23.3. The van der Waals surface area contributed by atoms with Gasteiger partial charge in [-0.15, -0.1) is 24.0 Å². The quantitative estimate of drug-likeness (QED) is 0.166. The standard InChI is InChI=1S/C60H37N3S2/c64-57-26-11-5-16-42(57)38-14-13-15-40(32-38)62-52-23-8-4-20-46(52)50-34-39(35-56(60(50)62)63-53-24-9-1-17-43(53)44-18-2-10-25-54(44)63)37-28-30-55-48(33-37)45-19-3-7-22-51(45)61(55)41-29-31-59-49(36-41)47-21-6-12-27-58(47)65-59/h1-36,64H. The average Bonchev–Trinajstić information content (AvgIpc) is 4.10. The van der Waals surface area contributed by atoms with Crippen LogP contribution in [0.1, 0.15) is 0 Å². The van der Waals surface area contributed by atoms with Gasteiger partial charge in [-0.05, 0) is 113 Å². The summed E-state index contributed by atoms with van der Waals surface area (Å²) in [4.78, 5) is 0.958. The van der Waals surface area contributed by atoms with Crippen molar-refractivity contribution in [1.82, 2.24) is 13.7 Å². The zero-order valence-electron chi connectivity index (χ0n) is 35.0. The molecule has 0 bridgehead atoms. The Hall–Kier alpha value is -7.83. The molecule has 0 aliphatic rings. The fourth-order valence-electron chi connectivity index (χ4n) is 10.7. The van der Waals surface area contributed by atoms with E-state index in [1.165, 1.54) is 91.4 Å². The largest absolute Gasteiger partial charge is 0.309 e. The summed E-state index contributed by atoms with van der Waals surface area (Å²) in [7, 11) is 0. The van der Waals surface area contributed by atoms with E-state index in [4.69, 9.17) is 12.6 Å². The molecule has 0 amide bonds. The van der Waals surface area contributed by atoms with Crippen LogP contribution in [0.5, 0.6) is 0 Å². The summed E-state index contributed by atoms with van der Waals surface area (Å²) in [6.07, 6.45) is 0. The lowest BCUT2D eigenvalue weighted by Crippen LogP contribution is -2.01. The van der Waals surface area contributed by atoms with E-state index in [9.17, 15) is 0 Å². The first-order chi connectivity index (χ1) is 32.2. The second-order valence-electron chi connectivity index (χ2n) is 17.0. The molecule has 14 aromatic rings. The number of para-hydroxylation sites is 4. The molecular weight excluding hydrogens is 827 g/mol. The first-order valence-electron chi connectivity index (χ1n) is 22.1. The summed E-state index contributed by atoms with van der Waals surface area (Å²) in [5, 5.41) is 9.96. The van der Waals surface area contributed by atoms with E-state index >= 15 is 0 Å². The molecule has 0 saturated carbocycles. The van der Waals surface area contributed by atoms with Crippen LogP contribution < -0.4 is 0 Å². The van der Waals surface area contributed by atoms with Crippen molar-refractivity contribution in [3.63, 3.8) is 0 Å². The molecule has 0 atom stereocenters. The Kier molecular flexibility index (Phi) is 7.94. The lowest BCUT2D eigenvalue weighted by molar-refractivity contribution is 1.13. The number of benzene rings is 10. The van der Waals surface area contributed by atoms with Gasteiger partial charge in [0.2, 0.25) is 0 Å². The number of thiophene rings is 1. The van der Waals surface area contributed by atoms with Gasteiger partial charge < -0.3 is 13.7 Å². The van der Waals surface area contributed by atoms with Gasteiger partial charge in [-0.1, -0.05) is 127 Å². The van der Waals surface area contributed by atoms with Crippen LogP contribution >= 0.6 is 24.0 Å². The first kappa shape index (κ1) is 36.6. The zero-order valence-corrected chi connectivity index (χ0v) is 36.7. The molecule has 0 aliphatic heterocycles. The fourth-order valence-corrected chi connectivity index (χ4v) is 12.1. The predicted octanol–water partition coefficient (Wildman–Crippen LogP) is 17.0. The summed E-state index contributed by atoms with van der Waals surface area (Å²) >= 11 is 6.74. The van der Waals surface area contributed by atoms with Crippen molar-refractivity contribution in [2.45, 2.75) is 4.90 Å². The fraction of sp³-hybridized carbons (Fsp3) is 0. The van der Waals surface area contributed by atoms with Crippen LogP contribution in [0.25, 0.3) is 125 Å². The molecule has 10 aromatic carbocycles. The van der Waals surface area contributed by atoms with E-state index in [0.29, 0.717) is 0 Å². The SMILES string of the molecule is Sc1ccccc1-c1cccc(-n2c3ccccc3c3cc(-c4ccc5c(c4)c4ccccc4n5-c4ccc5sc6ccccc6c5c4)cc(-n4c5ccccc5c5ccccc54)c32)c1. The van der Waals surface area contributed by atoms with Gasteiger partial charge in [0, 0.05) is 68.8 Å². The zero-order chi connectivity index (χ0) is 42.8. The van der Waals surface area contributed by atoms with Crippen LogP contribution in [-0.4, -0.2) is 13.7 Å². The molecule has 65 heavy (non-hydrogen) atoms. The summed E-state index contributed by atoms with van der Waals surface area (Å²) in [6.45, 7) is 0. The molecule has 4 heterocycles. The topological polar surface area (TPSA) is 14.8 Å². The molecular formula is C60H37N3S2. The molecule has 0 N–H and O–H groups in total. The molecule has 5 heteroatoms. The van der Waals surface area contributed by atoms with E-state index in [2.05, 4.69) is 226 Å². The monoisotopic (exact) mass is 863 g/mol. The van der Waals surface area contributed by atoms with Gasteiger partial charge in [-0.3, -0.25) is 0 Å². The number of fused-ring (bicyclic) bond motifs is 12. The van der Waals surface area contributed by atoms with Crippen LogP contribution in [-0.2, 0) is 0 Å². The minimum absolute atomic E-state index is 0.958. The van der Waals surface area contributed by atoms with Crippen molar-refractivity contribution >= 4 is 110 Å². The van der Waals surface area contributed by atoms with Crippen LogP contribution in [0.4, 0.5) is 0 Å². The number of hydrogen-bond donors (Lipinski definition) is 1. The van der Waals surface area contributed by atoms with Crippen molar-refractivity contribution < 1.29 is 0 Å². The third kappa shape index (κ3) is 5.43. The normalized spacial score (nSPS) is 12.1.